The molecule has 0 amide bonds. The summed E-state index contributed by atoms with van der Waals surface area (Å²) in [5, 5.41) is 8.49. The molecule has 0 N–H and O–H groups in total. The van der Waals surface area contributed by atoms with Gasteiger partial charge in [0, 0.05) is 6.42 Å². The third kappa shape index (κ3) is 5.83. The highest BCUT2D eigenvalue weighted by atomic mass is 16.5. The van der Waals surface area contributed by atoms with Crippen LogP contribution in [0.2, 0.25) is 0 Å². The zero-order valence-electron chi connectivity index (χ0n) is 14.0. The lowest BCUT2D eigenvalue weighted by molar-refractivity contribution is -0.134. The molecule has 1 unspecified atom stereocenters. The van der Waals surface area contributed by atoms with E-state index in [0.29, 0.717) is 36.6 Å². The summed E-state index contributed by atoms with van der Waals surface area (Å²) in [5.74, 6) is 1.000. The number of benzene rings is 2. The van der Waals surface area contributed by atoms with Crippen molar-refractivity contribution in [3.05, 3.63) is 54.6 Å². The van der Waals surface area contributed by atoms with Crippen LogP contribution in [-0.2, 0) is 4.79 Å². The van der Waals surface area contributed by atoms with Crippen molar-refractivity contribution in [1.29, 1.82) is 0 Å². The van der Waals surface area contributed by atoms with Gasteiger partial charge >= 0.3 is 5.97 Å². The topological polar surface area (TPSA) is 60.2 Å². The lowest BCUT2D eigenvalue weighted by atomic mass is 10.2. The Bertz CT molecular complexity index is 671. The van der Waals surface area contributed by atoms with Crippen molar-refractivity contribution in [2.75, 3.05) is 6.61 Å². The summed E-state index contributed by atoms with van der Waals surface area (Å²) in [6, 6.07) is 16.5. The first-order valence-electron chi connectivity index (χ1n) is 8.07. The van der Waals surface area contributed by atoms with Crippen molar-refractivity contribution < 1.29 is 14.3 Å². The normalized spacial score (nSPS) is 12.1. The molecule has 0 bridgehead atoms. The van der Waals surface area contributed by atoms with E-state index in [-0.39, 0.29) is 12.0 Å². The van der Waals surface area contributed by atoms with Crippen molar-refractivity contribution in [3.63, 3.8) is 0 Å². The van der Waals surface area contributed by atoms with Crippen LogP contribution in [0, 0.1) is 0 Å². The van der Waals surface area contributed by atoms with Gasteiger partial charge in [0.05, 0.1) is 12.6 Å². The summed E-state index contributed by atoms with van der Waals surface area (Å²) < 4.78 is 10.8. The summed E-state index contributed by atoms with van der Waals surface area (Å²) in [4.78, 5) is 11.8. The van der Waals surface area contributed by atoms with Gasteiger partial charge in [-0.3, -0.25) is 4.79 Å². The largest absolute Gasteiger partial charge is 0.492 e. The molecule has 126 valence electrons. The lowest BCUT2D eigenvalue weighted by Crippen LogP contribution is -2.10. The summed E-state index contributed by atoms with van der Waals surface area (Å²) in [6.45, 7) is 4.42. The van der Waals surface area contributed by atoms with Crippen molar-refractivity contribution in [3.8, 4) is 11.5 Å². The van der Waals surface area contributed by atoms with E-state index in [1.807, 2.05) is 56.3 Å². The van der Waals surface area contributed by atoms with Crippen LogP contribution < -0.4 is 9.47 Å². The highest BCUT2D eigenvalue weighted by Crippen LogP contribution is 2.27. The fourth-order valence-corrected chi connectivity index (χ4v) is 2.03. The van der Waals surface area contributed by atoms with Crippen molar-refractivity contribution in [2.45, 2.75) is 32.7 Å². The van der Waals surface area contributed by atoms with E-state index in [4.69, 9.17) is 9.47 Å². The Kier molecular flexibility index (Phi) is 6.95. The predicted molar refractivity (Wildman–Crippen MR) is 92.9 cm³/mol. The quantitative estimate of drug-likeness (QED) is 0.392. The van der Waals surface area contributed by atoms with Gasteiger partial charge in [0.15, 0.2) is 0 Å². The van der Waals surface area contributed by atoms with Crippen molar-refractivity contribution >= 4 is 11.7 Å². The van der Waals surface area contributed by atoms with E-state index in [9.17, 15) is 4.79 Å². The molecule has 1 atom stereocenters. The molecule has 0 saturated carbocycles. The highest BCUT2D eigenvalue weighted by Gasteiger charge is 2.08. The molecule has 24 heavy (non-hydrogen) atoms. The number of nitrogens with zero attached hydrogens (tertiary/aromatic N) is 2. The minimum atomic E-state index is -0.266. The summed E-state index contributed by atoms with van der Waals surface area (Å²) in [6.07, 6.45) is 0.869. The minimum absolute atomic E-state index is 0.0805. The smallest absolute Gasteiger partial charge is 0.311 e. The van der Waals surface area contributed by atoms with Crippen molar-refractivity contribution in [2.24, 2.45) is 10.2 Å². The Morgan fingerprint density at radius 2 is 1.79 bits per heavy atom. The summed E-state index contributed by atoms with van der Waals surface area (Å²) in [7, 11) is 0. The zero-order chi connectivity index (χ0) is 17.2. The van der Waals surface area contributed by atoms with E-state index in [0.717, 1.165) is 0 Å². The number of carbonyl (C=O) groups excluding carboxylic acids is 1. The van der Waals surface area contributed by atoms with Crippen LogP contribution in [0.5, 0.6) is 11.5 Å². The first-order valence-corrected chi connectivity index (χ1v) is 8.07. The van der Waals surface area contributed by atoms with Gasteiger partial charge in [-0.1, -0.05) is 30.3 Å². The number of hydrogen-bond acceptors (Lipinski definition) is 5. The van der Waals surface area contributed by atoms with Gasteiger partial charge < -0.3 is 9.47 Å². The molecule has 2 aromatic carbocycles. The van der Waals surface area contributed by atoms with E-state index in [1.54, 1.807) is 12.1 Å². The van der Waals surface area contributed by atoms with Crippen LogP contribution >= 0.6 is 0 Å². The first-order chi connectivity index (χ1) is 11.7. The standard InChI is InChI=1S/C19H22N2O3/c1-3-23-18-12-8-7-11-17(18)21-20-15(2)13-14-19(22)24-16-9-5-4-6-10-16/h4-12,15H,3,13-14H2,1-2H3. The average molecular weight is 326 g/mol. The van der Waals surface area contributed by atoms with Crippen LogP contribution in [0.25, 0.3) is 0 Å². The van der Waals surface area contributed by atoms with Crippen LogP contribution in [0.1, 0.15) is 26.7 Å². The molecule has 0 heterocycles. The molecule has 0 fully saturated rings. The molecule has 0 aromatic heterocycles. The van der Waals surface area contributed by atoms with Gasteiger partial charge in [-0.2, -0.15) is 10.2 Å². The molecule has 0 radical (unpaired) electrons. The van der Waals surface area contributed by atoms with Crippen LogP contribution in [0.15, 0.2) is 64.8 Å². The monoisotopic (exact) mass is 326 g/mol. The maximum absolute atomic E-state index is 11.8. The van der Waals surface area contributed by atoms with Gasteiger partial charge in [0.25, 0.3) is 0 Å². The van der Waals surface area contributed by atoms with Crippen LogP contribution in [0.3, 0.4) is 0 Å². The number of rotatable bonds is 8. The second-order valence-corrected chi connectivity index (χ2v) is 5.29. The second kappa shape index (κ2) is 9.45. The molecule has 0 saturated heterocycles. The third-order valence-electron chi connectivity index (χ3n) is 3.27. The number of hydrogen-bond donors (Lipinski definition) is 0. The number of azo groups is 1. The Hall–Kier alpha value is -2.69. The van der Waals surface area contributed by atoms with E-state index in [1.165, 1.54) is 0 Å². The molecule has 0 aliphatic rings. The number of para-hydroxylation sites is 2. The second-order valence-electron chi connectivity index (χ2n) is 5.29. The summed E-state index contributed by atoms with van der Waals surface area (Å²) >= 11 is 0. The number of ether oxygens (including phenoxy) is 2. The molecule has 5 nitrogen and oxygen atoms in total. The van der Waals surface area contributed by atoms with Gasteiger partial charge in [0.1, 0.15) is 17.2 Å². The van der Waals surface area contributed by atoms with Gasteiger partial charge in [0.2, 0.25) is 0 Å². The first kappa shape index (κ1) is 17.7. The number of carbonyl (C=O) groups is 1. The SMILES string of the molecule is CCOc1ccccc1N=NC(C)CCC(=O)Oc1ccccc1. The van der Waals surface area contributed by atoms with E-state index < -0.39 is 0 Å². The fourth-order valence-electron chi connectivity index (χ4n) is 2.03. The average Bonchev–Trinajstić information content (AvgIpc) is 2.60. The fraction of sp³-hybridized carbons (Fsp3) is 0.316. The third-order valence-corrected chi connectivity index (χ3v) is 3.27. The molecular weight excluding hydrogens is 304 g/mol. The van der Waals surface area contributed by atoms with E-state index in [2.05, 4.69) is 10.2 Å². The molecule has 0 aliphatic carbocycles. The van der Waals surface area contributed by atoms with Crippen molar-refractivity contribution in [1.82, 2.24) is 0 Å². The molecule has 0 aliphatic heterocycles. The van der Waals surface area contributed by atoms with Crippen LogP contribution in [0.4, 0.5) is 5.69 Å². The molecule has 5 heteroatoms. The molecule has 2 aromatic rings. The maximum atomic E-state index is 11.8. The predicted octanol–water partition coefficient (Wildman–Crippen LogP) is 4.94. The van der Waals surface area contributed by atoms with Crippen LogP contribution in [-0.4, -0.2) is 18.6 Å². The lowest BCUT2D eigenvalue weighted by Gasteiger charge is -2.07. The molecule has 2 rings (SSSR count). The van der Waals surface area contributed by atoms with E-state index >= 15 is 0 Å². The molecule has 0 spiro atoms. The Balaban J connectivity index is 1.82. The van der Waals surface area contributed by atoms with Gasteiger partial charge in [-0.05, 0) is 44.5 Å². The Morgan fingerprint density at radius 1 is 1.08 bits per heavy atom. The Morgan fingerprint density at radius 3 is 2.54 bits per heavy atom. The molecular formula is C19H22N2O3. The zero-order valence-corrected chi connectivity index (χ0v) is 14.0. The van der Waals surface area contributed by atoms with Gasteiger partial charge in [-0.15, -0.1) is 0 Å². The summed E-state index contributed by atoms with van der Waals surface area (Å²) in [5.41, 5.74) is 0.693. The highest BCUT2D eigenvalue weighted by molar-refractivity contribution is 5.72. The number of esters is 1. The van der Waals surface area contributed by atoms with Gasteiger partial charge in [-0.25, -0.2) is 0 Å². The maximum Gasteiger partial charge on any atom is 0.311 e. The Labute approximate surface area is 142 Å². The minimum Gasteiger partial charge on any atom is -0.492 e.